The summed E-state index contributed by atoms with van der Waals surface area (Å²) in [5, 5.41) is 4.97. The van der Waals surface area contributed by atoms with Gasteiger partial charge in [0.25, 0.3) is 5.91 Å². The van der Waals surface area contributed by atoms with Gasteiger partial charge in [-0.3, -0.25) is 14.9 Å². The largest absolute Gasteiger partial charge is 0.496 e. The quantitative estimate of drug-likeness (QED) is 0.757. The molecule has 0 spiro atoms. The molecule has 142 valence electrons. The Balaban J connectivity index is 1.83. The lowest BCUT2D eigenvalue weighted by molar-refractivity contribution is -0.153. The van der Waals surface area contributed by atoms with Crippen molar-refractivity contribution in [3.05, 3.63) is 29.3 Å². The number of hydrogen-bond donors (Lipinski definition) is 2. The van der Waals surface area contributed by atoms with E-state index in [1.54, 1.807) is 6.07 Å². The number of esters is 1. The summed E-state index contributed by atoms with van der Waals surface area (Å²) < 4.78 is 10.4. The molecular formula is C19H26N2O5. The number of rotatable bonds is 6. The Hall–Kier alpha value is -2.57. The zero-order valence-electron chi connectivity index (χ0n) is 15.5. The first-order valence-electron chi connectivity index (χ1n) is 8.83. The Bertz CT molecular complexity index is 668. The monoisotopic (exact) mass is 362 g/mol. The second-order valence-corrected chi connectivity index (χ2v) is 6.57. The van der Waals surface area contributed by atoms with Crippen LogP contribution in [0.2, 0.25) is 0 Å². The Kier molecular flexibility index (Phi) is 7.00. The van der Waals surface area contributed by atoms with Crippen molar-refractivity contribution in [1.29, 1.82) is 0 Å². The number of benzene rings is 1. The SMILES string of the molecule is COc1ccc(C)cc1CC(=O)O[C@H](C)C(=O)NC(=O)NC1CCCC1. The highest BCUT2D eigenvalue weighted by molar-refractivity contribution is 5.97. The molecule has 1 aromatic carbocycles. The summed E-state index contributed by atoms with van der Waals surface area (Å²) in [4.78, 5) is 35.9. The molecule has 0 unspecified atom stereocenters. The van der Waals surface area contributed by atoms with Crippen LogP contribution in [0.1, 0.15) is 43.7 Å². The number of urea groups is 1. The molecular weight excluding hydrogens is 336 g/mol. The second-order valence-electron chi connectivity index (χ2n) is 6.57. The third kappa shape index (κ3) is 5.75. The molecule has 7 nitrogen and oxygen atoms in total. The molecule has 0 aliphatic heterocycles. The molecule has 1 aliphatic carbocycles. The van der Waals surface area contributed by atoms with Gasteiger partial charge in [-0.15, -0.1) is 0 Å². The van der Waals surface area contributed by atoms with Gasteiger partial charge in [0, 0.05) is 11.6 Å². The lowest BCUT2D eigenvalue weighted by atomic mass is 10.1. The van der Waals surface area contributed by atoms with Crippen LogP contribution in [0.25, 0.3) is 0 Å². The van der Waals surface area contributed by atoms with Gasteiger partial charge in [-0.1, -0.05) is 30.5 Å². The van der Waals surface area contributed by atoms with Crippen molar-refractivity contribution in [1.82, 2.24) is 10.6 Å². The summed E-state index contributed by atoms with van der Waals surface area (Å²) in [6.07, 6.45) is 2.92. The van der Waals surface area contributed by atoms with Crippen LogP contribution in [0.4, 0.5) is 4.79 Å². The minimum Gasteiger partial charge on any atom is -0.496 e. The Labute approximate surface area is 153 Å². The van der Waals surface area contributed by atoms with Crippen LogP contribution < -0.4 is 15.4 Å². The maximum Gasteiger partial charge on any atom is 0.321 e. The Morgan fingerprint density at radius 3 is 2.58 bits per heavy atom. The normalized spacial score (nSPS) is 15.2. The average Bonchev–Trinajstić information content (AvgIpc) is 3.07. The van der Waals surface area contributed by atoms with Crippen LogP contribution in [0.3, 0.4) is 0 Å². The van der Waals surface area contributed by atoms with Gasteiger partial charge in [0.2, 0.25) is 0 Å². The fourth-order valence-electron chi connectivity index (χ4n) is 3.00. The molecule has 0 heterocycles. The first-order valence-corrected chi connectivity index (χ1v) is 8.83. The first kappa shape index (κ1) is 19.8. The van der Waals surface area contributed by atoms with Gasteiger partial charge in [0.1, 0.15) is 5.75 Å². The minimum atomic E-state index is -1.06. The summed E-state index contributed by atoms with van der Waals surface area (Å²) in [6.45, 7) is 3.34. The van der Waals surface area contributed by atoms with E-state index in [9.17, 15) is 14.4 Å². The molecule has 7 heteroatoms. The number of carbonyl (C=O) groups is 3. The molecule has 0 bridgehead atoms. The molecule has 1 fully saturated rings. The lowest BCUT2D eigenvalue weighted by Gasteiger charge is -2.16. The van der Waals surface area contributed by atoms with Gasteiger partial charge in [-0.2, -0.15) is 0 Å². The molecule has 26 heavy (non-hydrogen) atoms. The minimum absolute atomic E-state index is 0.0171. The van der Waals surface area contributed by atoms with Gasteiger partial charge in [-0.05, 0) is 32.8 Å². The molecule has 0 aromatic heterocycles. The van der Waals surface area contributed by atoms with E-state index in [4.69, 9.17) is 9.47 Å². The predicted octanol–water partition coefficient (Wildman–Crippen LogP) is 2.25. The number of hydrogen-bond acceptors (Lipinski definition) is 5. The van der Waals surface area contributed by atoms with Crippen molar-refractivity contribution >= 4 is 17.9 Å². The number of carbonyl (C=O) groups excluding carboxylic acids is 3. The molecule has 1 aliphatic rings. The standard InChI is InChI=1S/C19H26N2O5/c1-12-8-9-16(25-3)14(10-12)11-17(22)26-13(2)18(23)21-19(24)20-15-6-4-5-7-15/h8-10,13,15H,4-7,11H2,1-3H3,(H2,20,21,23,24)/t13-/m1/s1. The smallest absolute Gasteiger partial charge is 0.321 e. The van der Waals surface area contributed by atoms with Crippen LogP contribution in [-0.2, 0) is 20.7 Å². The van der Waals surface area contributed by atoms with Crippen molar-refractivity contribution in [2.75, 3.05) is 7.11 Å². The molecule has 1 atom stereocenters. The van der Waals surface area contributed by atoms with Crippen molar-refractivity contribution in [3.8, 4) is 5.75 Å². The average molecular weight is 362 g/mol. The molecule has 1 saturated carbocycles. The second kappa shape index (κ2) is 9.22. The predicted molar refractivity (Wildman–Crippen MR) is 95.9 cm³/mol. The van der Waals surface area contributed by atoms with E-state index in [1.807, 2.05) is 19.1 Å². The fraction of sp³-hybridized carbons (Fsp3) is 0.526. The van der Waals surface area contributed by atoms with Crippen LogP contribution in [-0.4, -0.2) is 37.2 Å². The third-order valence-electron chi connectivity index (χ3n) is 4.38. The number of aryl methyl sites for hydroxylation is 1. The Morgan fingerprint density at radius 1 is 1.23 bits per heavy atom. The highest BCUT2D eigenvalue weighted by Gasteiger charge is 2.23. The van der Waals surface area contributed by atoms with Crippen LogP contribution in [0, 0.1) is 6.92 Å². The topological polar surface area (TPSA) is 93.7 Å². The number of imide groups is 1. The molecule has 3 amide bonds. The first-order chi connectivity index (χ1) is 12.4. The zero-order valence-corrected chi connectivity index (χ0v) is 15.5. The highest BCUT2D eigenvalue weighted by atomic mass is 16.5. The third-order valence-corrected chi connectivity index (χ3v) is 4.38. The molecule has 2 rings (SSSR count). The lowest BCUT2D eigenvalue weighted by Crippen LogP contribution is -2.47. The van der Waals surface area contributed by atoms with Crippen LogP contribution in [0.15, 0.2) is 18.2 Å². The van der Waals surface area contributed by atoms with Crippen LogP contribution >= 0.6 is 0 Å². The molecule has 2 N–H and O–H groups in total. The summed E-state index contributed by atoms with van der Waals surface area (Å²) >= 11 is 0. The van der Waals surface area contributed by atoms with Gasteiger partial charge >= 0.3 is 12.0 Å². The van der Waals surface area contributed by atoms with E-state index in [0.717, 1.165) is 31.2 Å². The van der Waals surface area contributed by atoms with E-state index in [2.05, 4.69) is 10.6 Å². The highest BCUT2D eigenvalue weighted by Crippen LogP contribution is 2.20. The van der Waals surface area contributed by atoms with Crippen molar-refractivity contribution in [2.24, 2.45) is 0 Å². The zero-order chi connectivity index (χ0) is 19.1. The number of methoxy groups -OCH3 is 1. The van der Waals surface area contributed by atoms with E-state index in [-0.39, 0.29) is 12.5 Å². The van der Waals surface area contributed by atoms with Gasteiger partial charge < -0.3 is 14.8 Å². The number of amides is 3. The fourth-order valence-corrected chi connectivity index (χ4v) is 3.00. The number of nitrogens with one attached hydrogen (secondary N) is 2. The van der Waals surface area contributed by atoms with Gasteiger partial charge in [0.15, 0.2) is 6.10 Å². The number of ether oxygens (including phenoxy) is 2. The molecule has 0 saturated heterocycles. The summed E-state index contributed by atoms with van der Waals surface area (Å²) in [7, 11) is 1.53. The maximum atomic E-state index is 12.1. The van der Waals surface area contributed by atoms with Crippen LogP contribution in [0.5, 0.6) is 5.75 Å². The van der Waals surface area contributed by atoms with E-state index >= 15 is 0 Å². The van der Waals surface area contributed by atoms with Crippen molar-refractivity contribution in [3.63, 3.8) is 0 Å². The molecule has 1 aromatic rings. The molecule has 0 radical (unpaired) electrons. The van der Waals surface area contributed by atoms with Gasteiger partial charge in [-0.25, -0.2) is 4.79 Å². The van der Waals surface area contributed by atoms with Crippen molar-refractivity contribution in [2.45, 2.75) is 58.1 Å². The van der Waals surface area contributed by atoms with E-state index in [1.165, 1.54) is 14.0 Å². The van der Waals surface area contributed by atoms with E-state index < -0.39 is 24.0 Å². The van der Waals surface area contributed by atoms with Gasteiger partial charge in [0.05, 0.1) is 13.5 Å². The summed E-state index contributed by atoms with van der Waals surface area (Å²) in [5.41, 5.74) is 1.67. The van der Waals surface area contributed by atoms with Crippen molar-refractivity contribution < 1.29 is 23.9 Å². The summed E-state index contributed by atoms with van der Waals surface area (Å²) in [5.74, 6) is -0.626. The van der Waals surface area contributed by atoms with E-state index in [0.29, 0.717) is 11.3 Å². The summed E-state index contributed by atoms with van der Waals surface area (Å²) in [6, 6.07) is 5.05. The maximum absolute atomic E-state index is 12.1. The Morgan fingerprint density at radius 2 is 1.92 bits per heavy atom.